The van der Waals surface area contributed by atoms with Crippen LogP contribution < -0.4 is 10.2 Å². The molecule has 0 unspecified atom stereocenters. The van der Waals surface area contributed by atoms with E-state index >= 15 is 0 Å². The molecule has 208 valence electrons. The van der Waals surface area contributed by atoms with E-state index in [1.54, 1.807) is 0 Å². The number of fused-ring (bicyclic) bond motifs is 1. The number of carbonyl (C=O) groups is 2. The van der Waals surface area contributed by atoms with E-state index in [9.17, 15) is 9.59 Å². The van der Waals surface area contributed by atoms with Crippen molar-refractivity contribution in [2.24, 2.45) is 0 Å². The first-order chi connectivity index (χ1) is 19.5. The van der Waals surface area contributed by atoms with Gasteiger partial charge in [-0.2, -0.15) is 0 Å². The number of benzene rings is 3. The van der Waals surface area contributed by atoms with E-state index in [1.807, 2.05) is 53.4 Å². The summed E-state index contributed by atoms with van der Waals surface area (Å²) in [6, 6.07) is 22.0. The molecule has 0 radical (unpaired) electrons. The molecule has 2 aliphatic heterocycles. The van der Waals surface area contributed by atoms with E-state index in [1.165, 1.54) is 61.7 Å². The largest absolute Gasteiger partial charge is 0.352 e. The molecule has 0 saturated carbocycles. The Hall–Kier alpha value is -3.35. The Labute approximate surface area is 242 Å². The molecule has 0 bridgehead atoms. The van der Waals surface area contributed by atoms with Crippen molar-refractivity contribution < 1.29 is 9.59 Å². The van der Waals surface area contributed by atoms with Gasteiger partial charge in [0.2, 0.25) is 0 Å². The van der Waals surface area contributed by atoms with Crippen LogP contribution in [0.15, 0.2) is 76.5 Å². The smallest absolute Gasteiger partial charge is 0.265 e. The van der Waals surface area contributed by atoms with Crippen LogP contribution in [0.1, 0.15) is 64.7 Å². The maximum absolute atomic E-state index is 13.7. The first kappa shape index (κ1) is 28.2. The number of hydrogen-bond donors (Lipinski definition) is 1. The van der Waals surface area contributed by atoms with Crippen LogP contribution in [-0.2, 0) is 11.3 Å². The normalized spacial score (nSPS) is 17.0. The number of aryl methyl sites for hydroxylation is 2. The van der Waals surface area contributed by atoms with E-state index in [2.05, 4.69) is 48.3 Å². The number of anilines is 1. The summed E-state index contributed by atoms with van der Waals surface area (Å²) in [5.74, 6) is -0.0531. The maximum atomic E-state index is 13.7. The van der Waals surface area contributed by atoms with Crippen molar-refractivity contribution in [2.75, 3.05) is 31.1 Å². The van der Waals surface area contributed by atoms with Crippen molar-refractivity contribution in [3.05, 3.63) is 99.5 Å². The van der Waals surface area contributed by atoms with Crippen LogP contribution in [0.25, 0.3) is 6.08 Å². The highest BCUT2D eigenvalue weighted by Crippen LogP contribution is 2.42. The summed E-state index contributed by atoms with van der Waals surface area (Å²) >= 11 is 1.51. The van der Waals surface area contributed by atoms with Crippen LogP contribution in [-0.4, -0.2) is 42.9 Å². The fourth-order valence-corrected chi connectivity index (χ4v) is 6.47. The summed E-state index contributed by atoms with van der Waals surface area (Å²) in [6.45, 7) is 8.79. The second-order valence-corrected chi connectivity index (χ2v) is 12.0. The lowest BCUT2D eigenvalue weighted by Gasteiger charge is -2.31. The highest BCUT2D eigenvalue weighted by molar-refractivity contribution is 8.04. The zero-order valence-electron chi connectivity index (χ0n) is 23.6. The van der Waals surface area contributed by atoms with Gasteiger partial charge in [0.1, 0.15) is 0 Å². The first-order valence-corrected chi connectivity index (χ1v) is 15.3. The number of amides is 2. The average Bonchev–Trinajstić information content (AvgIpc) is 3.24. The molecule has 40 heavy (non-hydrogen) atoms. The SMILES string of the molecule is Cc1ccc(C)c(CN2C(=O)/C(=C/c3ccc(C(=O)NCCCN4CCCCCC4)cc3)Sc3ccccc32)c1. The molecular weight excluding hydrogens is 514 g/mol. The Bertz CT molecular complexity index is 1370. The number of thioether (sulfide) groups is 1. The molecule has 5 nitrogen and oxygen atoms in total. The molecule has 6 heteroatoms. The van der Waals surface area contributed by atoms with Gasteiger partial charge < -0.3 is 15.1 Å². The second kappa shape index (κ2) is 13.3. The highest BCUT2D eigenvalue weighted by Gasteiger charge is 2.29. The van der Waals surface area contributed by atoms with Crippen LogP contribution in [0.2, 0.25) is 0 Å². The molecule has 2 heterocycles. The Morgan fingerprint density at radius 3 is 2.48 bits per heavy atom. The summed E-state index contributed by atoms with van der Waals surface area (Å²) in [6.07, 6.45) is 8.15. The van der Waals surface area contributed by atoms with Gasteiger partial charge in [-0.3, -0.25) is 9.59 Å². The minimum absolute atomic E-state index is 0.00386. The van der Waals surface area contributed by atoms with E-state index in [0.717, 1.165) is 34.7 Å². The van der Waals surface area contributed by atoms with E-state index in [4.69, 9.17) is 0 Å². The minimum Gasteiger partial charge on any atom is -0.352 e. The van der Waals surface area contributed by atoms with Crippen LogP contribution in [0.5, 0.6) is 0 Å². The third-order valence-electron chi connectivity index (χ3n) is 7.77. The summed E-state index contributed by atoms with van der Waals surface area (Å²) in [7, 11) is 0. The quantitative estimate of drug-likeness (QED) is 0.242. The monoisotopic (exact) mass is 553 g/mol. The van der Waals surface area contributed by atoms with Crippen LogP contribution in [0, 0.1) is 13.8 Å². The van der Waals surface area contributed by atoms with Crippen LogP contribution in [0.4, 0.5) is 5.69 Å². The fourth-order valence-electron chi connectivity index (χ4n) is 5.41. The number of para-hydroxylation sites is 1. The number of rotatable bonds is 8. The first-order valence-electron chi connectivity index (χ1n) is 14.4. The molecule has 0 atom stereocenters. The number of nitrogens with one attached hydrogen (secondary N) is 1. The lowest BCUT2D eigenvalue weighted by atomic mass is 10.0. The zero-order valence-corrected chi connectivity index (χ0v) is 24.4. The summed E-state index contributed by atoms with van der Waals surface area (Å²) in [5.41, 5.74) is 6.00. The van der Waals surface area contributed by atoms with Gasteiger partial charge in [0.15, 0.2) is 0 Å². The summed E-state index contributed by atoms with van der Waals surface area (Å²) in [5, 5.41) is 3.06. The van der Waals surface area contributed by atoms with E-state index < -0.39 is 0 Å². The molecule has 5 rings (SSSR count). The van der Waals surface area contributed by atoms with Crippen molar-refractivity contribution in [1.29, 1.82) is 0 Å². The van der Waals surface area contributed by atoms with Crippen molar-refractivity contribution in [3.8, 4) is 0 Å². The maximum Gasteiger partial charge on any atom is 0.265 e. The second-order valence-electron chi connectivity index (χ2n) is 10.9. The lowest BCUT2D eigenvalue weighted by Crippen LogP contribution is -2.34. The molecule has 0 aliphatic carbocycles. The molecule has 1 N–H and O–H groups in total. The van der Waals surface area contributed by atoms with E-state index in [-0.39, 0.29) is 11.8 Å². The predicted molar refractivity (Wildman–Crippen MR) is 166 cm³/mol. The highest BCUT2D eigenvalue weighted by atomic mass is 32.2. The summed E-state index contributed by atoms with van der Waals surface area (Å²) < 4.78 is 0. The third kappa shape index (κ3) is 7.04. The topological polar surface area (TPSA) is 52.7 Å². The molecule has 1 saturated heterocycles. The number of carbonyl (C=O) groups excluding carboxylic acids is 2. The Morgan fingerprint density at radius 2 is 1.70 bits per heavy atom. The van der Waals surface area contributed by atoms with Crippen molar-refractivity contribution in [1.82, 2.24) is 10.2 Å². The Morgan fingerprint density at radius 1 is 0.950 bits per heavy atom. The van der Waals surface area contributed by atoms with Gasteiger partial charge in [-0.15, -0.1) is 0 Å². The average molecular weight is 554 g/mol. The molecule has 2 aliphatic rings. The van der Waals surface area contributed by atoms with Crippen molar-refractivity contribution >= 4 is 35.3 Å². The zero-order chi connectivity index (χ0) is 27.9. The lowest BCUT2D eigenvalue weighted by molar-refractivity contribution is -0.114. The summed E-state index contributed by atoms with van der Waals surface area (Å²) in [4.78, 5) is 32.6. The van der Waals surface area contributed by atoms with E-state index in [0.29, 0.717) is 23.6 Å². The molecule has 1 fully saturated rings. The molecule has 3 aromatic rings. The van der Waals surface area contributed by atoms with Gasteiger partial charge in [0.25, 0.3) is 11.8 Å². The van der Waals surface area contributed by atoms with Crippen molar-refractivity contribution in [3.63, 3.8) is 0 Å². The minimum atomic E-state index is -0.0492. The molecular formula is C34H39N3O2S. The van der Waals surface area contributed by atoms with Gasteiger partial charge in [0, 0.05) is 17.0 Å². The number of likely N-dealkylation sites (tertiary alicyclic amines) is 1. The van der Waals surface area contributed by atoms with Gasteiger partial charge in [-0.1, -0.05) is 72.6 Å². The molecule has 2 amide bonds. The standard InChI is InChI=1S/C34H39N3O2S/c1-25-12-13-26(2)29(22-25)24-37-30-10-5-6-11-31(30)40-32(34(37)39)23-27-14-16-28(17-15-27)33(38)35-18-9-21-36-19-7-3-4-8-20-36/h5-6,10-17,22-23H,3-4,7-9,18-21,24H2,1-2H3,(H,35,38)/b32-23-. The third-order valence-corrected chi connectivity index (χ3v) is 8.85. The van der Waals surface area contributed by atoms with Gasteiger partial charge in [-0.05, 0) is 99.8 Å². The Balaban J connectivity index is 1.24. The predicted octanol–water partition coefficient (Wildman–Crippen LogP) is 6.98. The van der Waals surface area contributed by atoms with Gasteiger partial charge in [0.05, 0.1) is 17.1 Å². The van der Waals surface area contributed by atoms with Crippen LogP contribution >= 0.6 is 11.8 Å². The number of nitrogens with zero attached hydrogens (tertiary/aromatic N) is 2. The fraction of sp³-hybridized carbons (Fsp3) is 0.353. The van der Waals surface area contributed by atoms with Crippen LogP contribution in [0.3, 0.4) is 0 Å². The Kier molecular flexibility index (Phi) is 9.40. The molecule has 0 aromatic heterocycles. The number of hydrogen-bond acceptors (Lipinski definition) is 4. The van der Waals surface area contributed by atoms with Gasteiger partial charge >= 0.3 is 0 Å². The van der Waals surface area contributed by atoms with Gasteiger partial charge in [-0.25, -0.2) is 0 Å². The molecule has 3 aromatic carbocycles. The molecule has 0 spiro atoms. The van der Waals surface area contributed by atoms with Crippen molar-refractivity contribution in [2.45, 2.75) is 57.4 Å².